The molecule has 110 valence electrons. The summed E-state index contributed by atoms with van der Waals surface area (Å²) in [5.74, 6) is -0.912. The van der Waals surface area contributed by atoms with Crippen molar-refractivity contribution in [3.05, 3.63) is 0 Å². The molecule has 0 bridgehead atoms. The van der Waals surface area contributed by atoms with Crippen LogP contribution < -0.4 is 5.32 Å². The normalized spacial score (nSPS) is 25.3. The standard InChI is InChI=1S/C13H25NO4Si/c1-8(18-19(6,7)13(3,4)5)10-11(16)14-12(10)17-9(2)15/h8,10,12H,1-7H3,(H,14,16)/t8-,10-,12?/m1/s1. The van der Waals surface area contributed by atoms with Crippen molar-refractivity contribution in [3.8, 4) is 0 Å². The second-order valence-corrected chi connectivity index (χ2v) is 11.4. The van der Waals surface area contributed by atoms with Gasteiger partial charge in [-0.25, -0.2) is 0 Å². The lowest BCUT2D eigenvalue weighted by molar-refractivity contribution is -0.173. The molecule has 0 aromatic heterocycles. The highest BCUT2D eigenvalue weighted by Crippen LogP contribution is 2.39. The van der Waals surface area contributed by atoms with E-state index in [1.807, 2.05) is 6.92 Å². The predicted molar refractivity (Wildman–Crippen MR) is 74.9 cm³/mol. The van der Waals surface area contributed by atoms with Gasteiger partial charge in [0.05, 0.1) is 6.10 Å². The molecule has 1 N–H and O–H groups in total. The van der Waals surface area contributed by atoms with Gasteiger partial charge in [-0.05, 0) is 25.1 Å². The molecule has 1 fully saturated rings. The van der Waals surface area contributed by atoms with Gasteiger partial charge in [0.2, 0.25) is 5.91 Å². The van der Waals surface area contributed by atoms with Crippen LogP contribution in [0.5, 0.6) is 0 Å². The fourth-order valence-corrected chi connectivity index (χ4v) is 3.25. The molecule has 1 unspecified atom stereocenters. The van der Waals surface area contributed by atoms with Crippen LogP contribution in [0.25, 0.3) is 0 Å². The lowest BCUT2D eigenvalue weighted by Crippen LogP contribution is -2.65. The van der Waals surface area contributed by atoms with Gasteiger partial charge >= 0.3 is 5.97 Å². The zero-order valence-electron chi connectivity index (χ0n) is 12.9. The molecule has 0 aromatic carbocycles. The summed E-state index contributed by atoms with van der Waals surface area (Å²) in [7, 11) is -1.93. The van der Waals surface area contributed by atoms with E-state index >= 15 is 0 Å². The Morgan fingerprint density at radius 3 is 2.26 bits per heavy atom. The van der Waals surface area contributed by atoms with Crippen LogP contribution in [0.3, 0.4) is 0 Å². The van der Waals surface area contributed by atoms with Gasteiger partial charge in [-0.2, -0.15) is 0 Å². The highest BCUT2D eigenvalue weighted by atomic mass is 28.4. The summed E-state index contributed by atoms with van der Waals surface area (Å²) in [6.07, 6.45) is -0.802. The van der Waals surface area contributed by atoms with Crippen molar-refractivity contribution in [1.82, 2.24) is 5.32 Å². The zero-order valence-corrected chi connectivity index (χ0v) is 13.9. The molecule has 0 aromatic rings. The van der Waals surface area contributed by atoms with Crippen LogP contribution in [0.15, 0.2) is 0 Å². The van der Waals surface area contributed by atoms with Crippen LogP contribution in [0.1, 0.15) is 34.6 Å². The summed E-state index contributed by atoms with van der Waals surface area (Å²) < 4.78 is 11.2. The monoisotopic (exact) mass is 287 g/mol. The average Bonchev–Trinajstić information content (AvgIpc) is 2.12. The van der Waals surface area contributed by atoms with Crippen LogP contribution in [0, 0.1) is 5.92 Å². The number of carbonyl (C=O) groups excluding carboxylic acids is 2. The molecule has 0 saturated carbocycles. The van der Waals surface area contributed by atoms with E-state index in [1.165, 1.54) is 6.92 Å². The summed E-state index contributed by atoms with van der Waals surface area (Å²) in [5.41, 5.74) is 0. The van der Waals surface area contributed by atoms with E-state index in [-0.39, 0.29) is 17.0 Å². The fourth-order valence-electron chi connectivity index (χ4n) is 1.82. The first-order valence-electron chi connectivity index (χ1n) is 6.61. The zero-order chi connectivity index (χ0) is 15.0. The smallest absolute Gasteiger partial charge is 0.304 e. The highest BCUT2D eigenvalue weighted by Gasteiger charge is 2.49. The van der Waals surface area contributed by atoms with Crippen LogP contribution in [-0.4, -0.2) is 32.5 Å². The maximum atomic E-state index is 11.6. The lowest BCUT2D eigenvalue weighted by Gasteiger charge is -2.44. The number of esters is 1. The molecular formula is C13H25NO4Si. The Hall–Kier alpha value is -0.883. The summed E-state index contributed by atoms with van der Waals surface area (Å²) in [6.45, 7) is 13.9. The molecule has 0 spiro atoms. The van der Waals surface area contributed by atoms with E-state index < -0.39 is 26.4 Å². The molecule has 1 saturated heterocycles. The molecule has 19 heavy (non-hydrogen) atoms. The van der Waals surface area contributed by atoms with Gasteiger partial charge in [0.1, 0.15) is 5.92 Å². The van der Waals surface area contributed by atoms with Gasteiger partial charge in [-0.1, -0.05) is 20.8 Å². The SMILES string of the molecule is CC(=O)OC1NC(=O)[C@H]1[C@@H](C)O[Si](C)(C)C(C)(C)C. The van der Waals surface area contributed by atoms with Gasteiger partial charge in [0, 0.05) is 6.92 Å². The molecule has 1 aliphatic heterocycles. The van der Waals surface area contributed by atoms with Crippen molar-refractivity contribution in [2.75, 3.05) is 0 Å². The van der Waals surface area contributed by atoms with Crippen molar-refractivity contribution >= 4 is 20.2 Å². The third-order valence-corrected chi connectivity index (χ3v) is 8.57. The quantitative estimate of drug-likeness (QED) is 0.488. The topological polar surface area (TPSA) is 64.6 Å². The van der Waals surface area contributed by atoms with Gasteiger partial charge in [0.15, 0.2) is 14.5 Å². The first-order chi connectivity index (χ1) is 8.45. The van der Waals surface area contributed by atoms with Crippen LogP contribution in [0.2, 0.25) is 18.1 Å². The molecule has 0 aliphatic carbocycles. The largest absolute Gasteiger partial charge is 0.441 e. The van der Waals surface area contributed by atoms with Crippen molar-refractivity contribution in [2.24, 2.45) is 5.92 Å². The van der Waals surface area contributed by atoms with E-state index in [0.29, 0.717) is 0 Å². The number of amides is 1. The van der Waals surface area contributed by atoms with Crippen LogP contribution >= 0.6 is 0 Å². The highest BCUT2D eigenvalue weighted by molar-refractivity contribution is 6.74. The third kappa shape index (κ3) is 3.57. The Kier molecular flexibility index (Phi) is 4.46. The number of hydrogen-bond donors (Lipinski definition) is 1. The summed E-state index contributed by atoms with van der Waals surface area (Å²) in [5, 5.41) is 2.66. The fraction of sp³-hybridized carbons (Fsp3) is 0.846. The van der Waals surface area contributed by atoms with Crippen LogP contribution in [0.4, 0.5) is 0 Å². The van der Waals surface area contributed by atoms with Gasteiger partial charge in [-0.3, -0.25) is 9.59 Å². The summed E-state index contributed by atoms with van der Waals surface area (Å²) in [6, 6.07) is 0. The molecule has 1 amide bonds. The Labute approximate surface area is 116 Å². The van der Waals surface area contributed by atoms with E-state index in [9.17, 15) is 9.59 Å². The molecule has 1 heterocycles. The summed E-state index contributed by atoms with van der Waals surface area (Å²) in [4.78, 5) is 22.6. The van der Waals surface area contributed by atoms with E-state index in [4.69, 9.17) is 9.16 Å². The Morgan fingerprint density at radius 2 is 1.89 bits per heavy atom. The van der Waals surface area contributed by atoms with E-state index in [0.717, 1.165) is 0 Å². The van der Waals surface area contributed by atoms with Gasteiger partial charge < -0.3 is 14.5 Å². The first-order valence-corrected chi connectivity index (χ1v) is 9.52. The third-order valence-electron chi connectivity index (χ3n) is 4.00. The van der Waals surface area contributed by atoms with Gasteiger partial charge in [-0.15, -0.1) is 0 Å². The minimum absolute atomic E-state index is 0.0818. The van der Waals surface area contributed by atoms with Gasteiger partial charge in [0.25, 0.3) is 0 Å². The van der Waals surface area contributed by atoms with Crippen molar-refractivity contribution in [1.29, 1.82) is 0 Å². The second kappa shape index (κ2) is 5.24. The molecule has 0 radical (unpaired) electrons. The predicted octanol–water partition coefficient (Wildman–Crippen LogP) is 2.03. The summed E-state index contributed by atoms with van der Waals surface area (Å²) >= 11 is 0. The number of carbonyl (C=O) groups is 2. The van der Waals surface area contributed by atoms with Crippen molar-refractivity contribution in [3.63, 3.8) is 0 Å². The molecule has 5 nitrogen and oxygen atoms in total. The van der Waals surface area contributed by atoms with Crippen molar-refractivity contribution < 1.29 is 18.8 Å². The minimum atomic E-state index is -1.93. The molecule has 1 aliphatic rings. The molecule has 6 heteroatoms. The number of hydrogen-bond acceptors (Lipinski definition) is 4. The Morgan fingerprint density at radius 1 is 1.37 bits per heavy atom. The number of β-lactam (4-membered cyclic amide) rings is 1. The molecule has 1 rings (SSSR count). The molecular weight excluding hydrogens is 262 g/mol. The number of rotatable bonds is 4. The maximum Gasteiger partial charge on any atom is 0.304 e. The first kappa shape index (κ1) is 16.2. The lowest BCUT2D eigenvalue weighted by atomic mass is 9.93. The number of nitrogens with one attached hydrogen (secondary N) is 1. The van der Waals surface area contributed by atoms with E-state index in [1.54, 1.807) is 0 Å². The van der Waals surface area contributed by atoms with Crippen LogP contribution in [-0.2, 0) is 18.8 Å². The Balaban J connectivity index is 2.69. The molecule has 3 atom stereocenters. The minimum Gasteiger partial charge on any atom is -0.441 e. The van der Waals surface area contributed by atoms with E-state index in [2.05, 4.69) is 39.2 Å². The Bertz CT molecular complexity index is 375. The van der Waals surface area contributed by atoms with Crippen molar-refractivity contribution in [2.45, 2.75) is 65.1 Å². The second-order valence-electron chi connectivity index (χ2n) is 6.65. The maximum absolute atomic E-state index is 11.6. The average molecular weight is 287 g/mol. The number of ether oxygens (including phenoxy) is 1.